The van der Waals surface area contributed by atoms with Crippen LogP contribution in [0.25, 0.3) is 10.1 Å². The first-order chi connectivity index (χ1) is 10.8. The van der Waals surface area contributed by atoms with Crippen LogP contribution in [0.4, 0.5) is 5.69 Å². The fraction of sp³-hybridized carbons (Fsp3) is 0.211. The molecule has 3 nitrogen and oxygen atoms in total. The Bertz CT molecular complexity index is 841. The minimum atomic E-state index is -0.201. The van der Waals surface area contributed by atoms with Crippen LogP contribution in [0.2, 0.25) is 0 Å². The summed E-state index contributed by atoms with van der Waals surface area (Å²) in [6, 6.07) is 15.1. The largest absolute Gasteiger partial charge is 0.506 e. The first-order valence-electron chi connectivity index (χ1n) is 7.48. The molecular formula is C19H19NO2S. The van der Waals surface area contributed by atoms with E-state index in [1.807, 2.05) is 42.5 Å². The molecule has 3 aromatic rings. The lowest BCUT2D eigenvalue weighted by Crippen LogP contribution is -2.14. The van der Waals surface area contributed by atoms with E-state index in [1.165, 1.54) is 11.3 Å². The van der Waals surface area contributed by atoms with Crippen LogP contribution < -0.4 is 5.32 Å². The van der Waals surface area contributed by atoms with Crippen LogP contribution in [0, 0.1) is 0 Å². The Hall–Kier alpha value is -2.33. The highest BCUT2D eigenvalue weighted by Crippen LogP contribution is 2.32. The van der Waals surface area contributed by atoms with Gasteiger partial charge in [-0.1, -0.05) is 45.0 Å². The number of fused-ring (bicyclic) bond motifs is 1. The highest BCUT2D eigenvalue weighted by Gasteiger charge is 2.17. The standard InChI is InChI=1S/C19H19NO2S/c1-19(2,3)13-8-9-15(21)14(11-13)20-18(22)17-10-12-6-4-5-7-16(12)23-17/h4-11,21H,1-3H3,(H,20,22). The number of aromatic hydroxyl groups is 1. The fourth-order valence-electron chi connectivity index (χ4n) is 2.38. The van der Waals surface area contributed by atoms with E-state index in [-0.39, 0.29) is 17.1 Å². The number of hydrogen-bond acceptors (Lipinski definition) is 3. The topological polar surface area (TPSA) is 49.3 Å². The van der Waals surface area contributed by atoms with Crippen LogP contribution in [0.15, 0.2) is 48.5 Å². The van der Waals surface area contributed by atoms with Gasteiger partial charge < -0.3 is 10.4 Å². The fourth-order valence-corrected chi connectivity index (χ4v) is 3.34. The molecule has 0 unspecified atom stereocenters. The lowest BCUT2D eigenvalue weighted by Gasteiger charge is -2.20. The number of rotatable bonds is 2. The Balaban J connectivity index is 1.90. The summed E-state index contributed by atoms with van der Waals surface area (Å²) in [7, 11) is 0. The van der Waals surface area contributed by atoms with Crippen molar-refractivity contribution >= 4 is 33.0 Å². The number of anilines is 1. The lowest BCUT2D eigenvalue weighted by atomic mass is 9.87. The van der Waals surface area contributed by atoms with Gasteiger partial charge in [-0.15, -0.1) is 11.3 Å². The van der Waals surface area contributed by atoms with Crippen LogP contribution in [0.3, 0.4) is 0 Å². The van der Waals surface area contributed by atoms with Crippen LogP contribution >= 0.6 is 11.3 Å². The molecule has 0 aliphatic rings. The van der Waals surface area contributed by atoms with Gasteiger partial charge in [0.1, 0.15) is 5.75 Å². The molecule has 2 N–H and O–H groups in total. The molecule has 0 aliphatic heterocycles. The number of nitrogens with one attached hydrogen (secondary N) is 1. The Labute approximate surface area is 139 Å². The van der Waals surface area contributed by atoms with Crippen molar-refractivity contribution in [2.24, 2.45) is 0 Å². The number of benzene rings is 2. The molecule has 0 spiro atoms. The minimum absolute atomic E-state index is 0.0508. The van der Waals surface area contributed by atoms with Gasteiger partial charge in [-0.05, 0) is 40.6 Å². The van der Waals surface area contributed by atoms with Crippen molar-refractivity contribution in [1.29, 1.82) is 0 Å². The third-order valence-corrected chi connectivity index (χ3v) is 4.87. The average molecular weight is 325 g/mol. The molecule has 3 rings (SSSR count). The van der Waals surface area contributed by atoms with Crippen molar-refractivity contribution < 1.29 is 9.90 Å². The van der Waals surface area contributed by atoms with Crippen molar-refractivity contribution in [2.75, 3.05) is 5.32 Å². The number of amides is 1. The van der Waals surface area contributed by atoms with E-state index in [0.717, 1.165) is 15.6 Å². The zero-order chi connectivity index (χ0) is 16.6. The van der Waals surface area contributed by atoms with Gasteiger partial charge in [-0.2, -0.15) is 0 Å². The second-order valence-corrected chi connectivity index (χ2v) is 7.67. The van der Waals surface area contributed by atoms with E-state index in [0.29, 0.717) is 10.6 Å². The highest BCUT2D eigenvalue weighted by molar-refractivity contribution is 7.20. The van der Waals surface area contributed by atoms with E-state index >= 15 is 0 Å². The van der Waals surface area contributed by atoms with Gasteiger partial charge >= 0.3 is 0 Å². The molecule has 0 aliphatic carbocycles. The quantitative estimate of drug-likeness (QED) is 0.640. The van der Waals surface area contributed by atoms with Gasteiger partial charge in [0.15, 0.2) is 0 Å². The molecule has 23 heavy (non-hydrogen) atoms. The van der Waals surface area contributed by atoms with Crippen molar-refractivity contribution in [3.63, 3.8) is 0 Å². The monoisotopic (exact) mass is 325 g/mol. The summed E-state index contributed by atoms with van der Waals surface area (Å²) >= 11 is 1.45. The van der Waals surface area contributed by atoms with Crippen LogP contribution in [0.5, 0.6) is 5.75 Å². The normalized spacial score (nSPS) is 11.6. The van der Waals surface area contributed by atoms with E-state index in [4.69, 9.17) is 0 Å². The maximum absolute atomic E-state index is 12.5. The van der Waals surface area contributed by atoms with E-state index in [2.05, 4.69) is 26.1 Å². The predicted molar refractivity (Wildman–Crippen MR) is 96.6 cm³/mol. The molecule has 0 atom stereocenters. The molecule has 0 saturated heterocycles. The van der Waals surface area contributed by atoms with Gasteiger partial charge in [0.05, 0.1) is 10.6 Å². The summed E-state index contributed by atoms with van der Waals surface area (Å²) in [4.78, 5) is 13.1. The van der Waals surface area contributed by atoms with E-state index in [1.54, 1.807) is 6.07 Å². The Morgan fingerprint density at radius 3 is 2.52 bits per heavy atom. The second kappa shape index (κ2) is 5.70. The summed E-state index contributed by atoms with van der Waals surface area (Å²) in [5, 5.41) is 13.9. The molecule has 1 aromatic heterocycles. The molecule has 118 valence electrons. The zero-order valence-corrected chi connectivity index (χ0v) is 14.2. The van der Waals surface area contributed by atoms with Crippen LogP contribution in [-0.4, -0.2) is 11.0 Å². The molecule has 2 aromatic carbocycles. The second-order valence-electron chi connectivity index (χ2n) is 6.58. The number of carbonyl (C=O) groups is 1. The van der Waals surface area contributed by atoms with Crippen molar-refractivity contribution in [3.8, 4) is 5.75 Å². The Morgan fingerprint density at radius 1 is 1.09 bits per heavy atom. The highest BCUT2D eigenvalue weighted by atomic mass is 32.1. The molecule has 0 bridgehead atoms. The first-order valence-corrected chi connectivity index (χ1v) is 8.30. The van der Waals surface area contributed by atoms with Gasteiger partial charge in [0, 0.05) is 4.70 Å². The third kappa shape index (κ3) is 3.22. The Kier molecular flexibility index (Phi) is 3.86. The van der Waals surface area contributed by atoms with E-state index in [9.17, 15) is 9.90 Å². The van der Waals surface area contributed by atoms with Gasteiger partial charge in [0.2, 0.25) is 0 Å². The SMILES string of the molecule is CC(C)(C)c1ccc(O)c(NC(=O)c2cc3ccccc3s2)c1. The number of phenolic OH excluding ortho intramolecular Hbond substituents is 1. The van der Waals surface area contributed by atoms with Crippen LogP contribution in [0.1, 0.15) is 36.0 Å². The van der Waals surface area contributed by atoms with Crippen molar-refractivity contribution in [1.82, 2.24) is 0 Å². The first kappa shape index (κ1) is 15.6. The number of phenols is 1. The Morgan fingerprint density at radius 2 is 1.83 bits per heavy atom. The molecule has 0 fully saturated rings. The molecule has 0 radical (unpaired) electrons. The number of hydrogen-bond donors (Lipinski definition) is 2. The van der Waals surface area contributed by atoms with Gasteiger partial charge in [0.25, 0.3) is 5.91 Å². The average Bonchev–Trinajstić information content (AvgIpc) is 2.92. The van der Waals surface area contributed by atoms with Crippen molar-refractivity contribution in [2.45, 2.75) is 26.2 Å². The smallest absolute Gasteiger partial charge is 0.265 e. The van der Waals surface area contributed by atoms with Crippen LogP contribution in [-0.2, 0) is 5.41 Å². The maximum Gasteiger partial charge on any atom is 0.265 e. The summed E-state index contributed by atoms with van der Waals surface area (Å²) in [5.74, 6) is -0.125. The lowest BCUT2D eigenvalue weighted by molar-refractivity contribution is 0.103. The van der Waals surface area contributed by atoms with E-state index < -0.39 is 0 Å². The summed E-state index contributed by atoms with van der Waals surface area (Å²) < 4.78 is 1.07. The van der Waals surface area contributed by atoms with Gasteiger partial charge in [-0.3, -0.25) is 4.79 Å². The third-order valence-electron chi connectivity index (χ3n) is 3.76. The molecule has 0 saturated carbocycles. The molecule has 1 amide bonds. The summed E-state index contributed by atoms with van der Waals surface area (Å²) in [5.41, 5.74) is 1.45. The maximum atomic E-state index is 12.5. The number of thiophene rings is 1. The molecule has 1 heterocycles. The zero-order valence-electron chi connectivity index (χ0n) is 13.4. The van der Waals surface area contributed by atoms with Gasteiger partial charge in [-0.25, -0.2) is 0 Å². The number of carbonyl (C=O) groups excluding carboxylic acids is 1. The minimum Gasteiger partial charge on any atom is -0.506 e. The summed E-state index contributed by atoms with van der Waals surface area (Å²) in [6.45, 7) is 6.28. The van der Waals surface area contributed by atoms with Crippen molar-refractivity contribution in [3.05, 3.63) is 59.0 Å². The molecular weight excluding hydrogens is 306 g/mol. The predicted octanol–water partition coefficient (Wildman–Crippen LogP) is 5.16. The summed E-state index contributed by atoms with van der Waals surface area (Å²) in [6.07, 6.45) is 0. The molecule has 4 heteroatoms.